The van der Waals surface area contributed by atoms with Gasteiger partial charge in [-0.05, 0) is 72.6 Å². The van der Waals surface area contributed by atoms with Crippen LogP contribution in [0.2, 0.25) is 0 Å². The fraction of sp³-hybridized carbons (Fsp3) is 0.280. The quantitative estimate of drug-likeness (QED) is 0.417. The van der Waals surface area contributed by atoms with E-state index in [0.717, 1.165) is 35.2 Å². The third-order valence-corrected chi connectivity index (χ3v) is 6.70. The Balaban J connectivity index is 1.54. The predicted molar refractivity (Wildman–Crippen MR) is 123 cm³/mol. The van der Waals surface area contributed by atoms with Gasteiger partial charge in [0, 0.05) is 59.3 Å². The first-order valence-corrected chi connectivity index (χ1v) is 11.5. The topological polar surface area (TPSA) is 44.9 Å². The lowest BCUT2D eigenvalue weighted by Gasteiger charge is -2.26. The molecule has 1 fully saturated rings. The number of piperidine rings is 1. The van der Waals surface area contributed by atoms with Crippen LogP contribution in [0.3, 0.4) is 0 Å². The molecule has 0 saturated carbocycles. The molecule has 0 bridgehead atoms. The van der Waals surface area contributed by atoms with E-state index in [-0.39, 0.29) is 0 Å². The van der Waals surface area contributed by atoms with Crippen molar-refractivity contribution in [2.75, 3.05) is 19.6 Å². The van der Waals surface area contributed by atoms with Crippen molar-refractivity contribution in [3.05, 3.63) is 65.2 Å². The van der Waals surface area contributed by atoms with Gasteiger partial charge in [0.2, 0.25) is 0 Å². The average molecular weight is 413 g/mol. The zero-order valence-corrected chi connectivity index (χ0v) is 17.7. The highest BCUT2D eigenvalue weighted by Gasteiger charge is 2.15. The van der Waals surface area contributed by atoms with Crippen molar-refractivity contribution in [2.24, 2.45) is 0 Å². The molecule has 5 rings (SSSR count). The lowest BCUT2D eigenvalue weighted by atomic mass is 10.0. The molecule has 1 saturated heterocycles. The zero-order chi connectivity index (χ0) is 20.3. The highest BCUT2D eigenvalue weighted by molar-refractivity contribution is 7.08. The molecule has 0 unspecified atom stereocenters. The van der Waals surface area contributed by atoms with Gasteiger partial charge < -0.3 is 9.47 Å². The summed E-state index contributed by atoms with van der Waals surface area (Å²) < 4.78 is 2.34. The molecule has 4 heterocycles. The van der Waals surface area contributed by atoms with Gasteiger partial charge >= 0.3 is 0 Å². The fourth-order valence-corrected chi connectivity index (χ4v) is 5.05. The number of pyridine rings is 1. The van der Waals surface area contributed by atoms with Gasteiger partial charge in [-0.1, -0.05) is 6.42 Å². The number of benzene rings is 1. The minimum absolute atomic E-state index is 0.694. The first kappa shape index (κ1) is 19.0. The maximum absolute atomic E-state index is 9.43. The number of rotatable bonds is 5. The molecule has 1 aliphatic heterocycles. The molecule has 0 aliphatic carbocycles. The van der Waals surface area contributed by atoms with Gasteiger partial charge in [-0.3, -0.25) is 4.98 Å². The second-order valence-corrected chi connectivity index (χ2v) is 8.74. The summed E-state index contributed by atoms with van der Waals surface area (Å²) in [6, 6.07) is 12.6. The number of nitrogens with zero attached hydrogens (tertiary/aromatic N) is 4. The summed E-state index contributed by atoms with van der Waals surface area (Å²) in [4.78, 5) is 7.08. The van der Waals surface area contributed by atoms with Gasteiger partial charge in [-0.25, -0.2) is 0 Å². The summed E-state index contributed by atoms with van der Waals surface area (Å²) >= 11 is 1.70. The molecular formula is C25H24N4S. The second kappa shape index (κ2) is 8.43. The van der Waals surface area contributed by atoms with E-state index in [1.54, 1.807) is 11.3 Å². The van der Waals surface area contributed by atoms with Gasteiger partial charge in [0.15, 0.2) is 0 Å². The Bertz CT molecular complexity index is 1190. The van der Waals surface area contributed by atoms with Gasteiger partial charge in [0.1, 0.15) is 0 Å². The normalized spacial score (nSPS) is 14.8. The predicted octanol–water partition coefficient (Wildman–Crippen LogP) is 5.79. The highest BCUT2D eigenvalue weighted by atomic mass is 32.1. The summed E-state index contributed by atoms with van der Waals surface area (Å²) in [7, 11) is 0. The molecule has 0 N–H and O–H groups in total. The first-order chi connectivity index (χ1) is 14.8. The summed E-state index contributed by atoms with van der Waals surface area (Å²) in [6.07, 6.45) is 10.1. The lowest BCUT2D eigenvalue weighted by Crippen LogP contribution is -2.32. The summed E-state index contributed by atoms with van der Waals surface area (Å²) in [5.74, 6) is 0. The van der Waals surface area contributed by atoms with Crippen molar-refractivity contribution in [1.29, 1.82) is 5.26 Å². The van der Waals surface area contributed by atoms with E-state index in [9.17, 15) is 5.26 Å². The first-order valence-electron chi connectivity index (χ1n) is 10.6. The largest absolute Gasteiger partial charge is 0.346 e. The van der Waals surface area contributed by atoms with Crippen LogP contribution in [0, 0.1) is 11.3 Å². The maximum atomic E-state index is 9.43. The second-order valence-electron chi connectivity index (χ2n) is 7.96. The molecule has 4 nitrogen and oxygen atoms in total. The van der Waals surface area contributed by atoms with Crippen molar-refractivity contribution >= 4 is 22.2 Å². The molecule has 150 valence electrons. The number of nitriles is 1. The molecular weight excluding hydrogens is 388 g/mol. The Labute approximate surface area is 181 Å². The van der Waals surface area contributed by atoms with E-state index in [0.29, 0.717) is 5.56 Å². The molecule has 0 spiro atoms. The molecule has 5 heteroatoms. The standard InChI is InChI=1S/C25H24N4S/c26-14-19-4-5-25-23(12-19)24(17-29(25)10-9-28-7-2-1-3-8-28)22-13-21(15-27-16-22)20-6-11-30-18-20/h4-6,11-13,15-18H,1-3,7-10H2. The summed E-state index contributed by atoms with van der Waals surface area (Å²) in [5.41, 5.74) is 6.43. The van der Waals surface area contributed by atoms with E-state index in [1.807, 2.05) is 24.5 Å². The molecule has 1 aliphatic rings. The van der Waals surface area contributed by atoms with E-state index in [1.165, 1.54) is 43.4 Å². The van der Waals surface area contributed by atoms with Crippen molar-refractivity contribution in [3.63, 3.8) is 0 Å². The maximum Gasteiger partial charge on any atom is 0.0991 e. The molecule has 4 aromatic rings. The van der Waals surface area contributed by atoms with E-state index < -0.39 is 0 Å². The smallest absolute Gasteiger partial charge is 0.0991 e. The summed E-state index contributed by atoms with van der Waals surface area (Å²) in [6.45, 7) is 4.44. The van der Waals surface area contributed by atoms with Gasteiger partial charge in [0.25, 0.3) is 0 Å². The molecule has 30 heavy (non-hydrogen) atoms. The van der Waals surface area contributed by atoms with Crippen LogP contribution in [0.15, 0.2) is 59.7 Å². The molecule has 0 atom stereocenters. The molecule has 3 aromatic heterocycles. The van der Waals surface area contributed by atoms with Crippen LogP contribution in [-0.2, 0) is 6.54 Å². The fourth-order valence-electron chi connectivity index (χ4n) is 4.39. The zero-order valence-electron chi connectivity index (χ0n) is 16.9. The van der Waals surface area contributed by atoms with E-state index >= 15 is 0 Å². The van der Waals surface area contributed by atoms with Gasteiger partial charge in [0.05, 0.1) is 11.6 Å². The van der Waals surface area contributed by atoms with Crippen molar-refractivity contribution in [2.45, 2.75) is 25.8 Å². The Morgan fingerprint density at radius 2 is 1.83 bits per heavy atom. The number of thiophene rings is 1. The van der Waals surface area contributed by atoms with Crippen molar-refractivity contribution in [1.82, 2.24) is 14.5 Å². The number of likely N-dealkylation sites (tertiary alicyclic amines) is 1. The Morgan fingerprint density at radius 3 is 2.63 bits per heavy atom. The summed E-state index contributed by atoms with van der Waals surface area (Å²) in [5, 5.41) is 14.8. The molecule has 1 aromatic carbocycles. The monoisotopic (exact) mass is 412 g/mol. The van der Waals surface area contributed by atoms with Crippen molar-refractivity contribution < 1.29 is 0 Å². The highest BCUT2D eigenvalue weighted by Crippen LogP contribution is 2.33. The van der Waals surface area contributed by atoms with E-state index in [2.05, 4.69) is 55.7 Å². The van der Waals surface area contributed by atoms with Crippen LogP contribution in [-0.4, -0.2) is 34.1 Å². The van der Waals surface area contributed by atoms with Crippen molar-refractivity contribution in [3.8, 4) is 28.3 Å². The molecule has 0 radical (unpaired) electrons. The van der Waals surface area contributed by atoms with Gasteiger partial charge in [-0.2, -0.15) is 16.6 Å². The SMILES string of the molecule is N#Cc1ccc2c(c1)c(-c1cncc(-c3ccsc3)c1)cn2CCN1CCCCC1. The van der Waals surface area contributed by atoms with Crippen LogP contribution >= 0.6 is 11.3 Å². The minimum Gasteiger partial charge on any atom is -0.346 e. The minimum atomic E-state index is 0.694. The Hall–Kier alpha value is -2.94. The average Bonchev–Trinajstić information content (AvgIpc) is 3.47. The number of aromatic nitrogens is 2. The van der Waals surface area contributed by atoms with Crippen LogP contribution in [0.25, 0.3) is 33.2 Å². The van der Waals surface area contributed by atoms with Gasteiger partial charge in [-0.15, -0.1) is 0 Å². The Morgan fingerprint density at radius 1 is 0.967 bits per heavy atom. The number of hydrogen-bond acceptors (Lipinski definition) is 4. The third-order valence-electron chi connectivity index (χ3n) is 6.02. The van der Waals surface area contributed by atoms with Crippen LogP contribution < -0.4 is 0 Å². The third kappa shape index (κ3) is 3.77. The lowest BCUT2D eigenvalue weighted by molar-refractivity contribution is 0.222. The van der Waals surface area contributed by atoms with Crippen LogP contribution in [0.4, 0.5) is 0 Å². The number of fused-ring (bicyclic) bond motifs is 1. The van der Waals surface area contributed by atoms with Crippen LogP contribution in [0.1, 0.15) is 24.8 Å². The molecule has 0 amide bonds. The van der Waals surface area contributed by atoms with E-state index in [4.69, 9.17) is 0 Å². The van der Waals surface area contributed by atoms with Crippen LogP contribution in [0.5, 0.6) is 0 Å². The number of hydrogen-bond donors (Lipinski definition) is 0. The Kier molecular flexibility index (Phi) is 5.35.